The number of rotatable bonds is 1. The van der Waals surface area contributed by atoms with Crippen LogP contribution in [0.1, 0.15) is 11.3 Å². The van der Waals surface area contributed by atoms with Gasteiger partial charge in [0, 0.05) is 16.4 Å². The minimum Gasteiger partial charge on any atom is -0.471 e. The Morgan fingerprint density at radius 1 is 1.54 bits per heavy atom. The molecule has 3 nitrogen and oxygen atoms in total. The van der Waals surface area contributed by atoms with Gasteiger partial charge in [0.05, 0.1) is 7.11 Å². The molecule has 0 saturated carbocycles. The predicted molar refractivity (Wildman–Crippen MR) is 54.5 cm³/mol. The fourth-order valence-electron chi connectivity index (χ4n) is 0.609. The van der Waals surface area contributed by atoms with Gasteiger partial charge in [-0.1, -0.05) is 0 Å². The van der Waals surface area contributed by atoms with E-state index < -0.39 is 0 Å². The van der Waals surface area contributed by atoms with Gasteiger partial charge in [-0.15, -0.1) is 0 Å². The Morgan fingerprint density at radius 3 is 2.38 bits per heavy atom. The number of halogens is 1. The van der Waals surface area contributed by atoms with Gasteiger partial charge in [-0.2, -0.15) is 0 Å². The van der Waals surface area contributed by atoms with Crippen LogP contribution >= 0.6 is 15.9 Å². The Balaban J connectivity index is 0.000000310. The number of carbonyl (C=O) groups excluding carboxylic acids is 1. The second-order valence-electron chi connectivity index (χ2n) is 2.39. The summed E-state index contributed by atoms with van der Waals surface area (Å²) in [5.41, 5.74) is 2.32. The highest BCUT2D eigenvalue weighted by molar-refractivity contribution is 9.10. The lowest BCUT2D eigenvalue weighted by Gasteiger charge is -1.96. The first-order valence-electron chi connectivity index (χ1n) is 3.67. The summed E-state index contributed by atoms with van der Waals surface area (Å²) < 4.78 is 4.91. The fourth-order valence-corrected chi connectivity index (χ4v) is 1.05. The van der Waals surface area contributed by atoms with Gasteiger partial charge >= 0.3 is 0 Å². The van der Waals surface area contributed by atoms with Gasteiger partial charge in [0.15, 0.2) is 0 Å². The molecule has 0 aliphatic heterocycles. The van der Waals surface area contributed by atoms with Crippen molar-refractivity contribution in [3.05, 3.63) is 28.0 Å². The highest BCUT2D eigenvalue weighted by Crippen LogP contribution is 2.11. The number of carbonyl (C=O) groups is 1. The molecule has 1 aromatic heterocycles. The Hall–Kier alpha value is -0.900. The van der Waals surface area contributed by atoms with E-state index in [4.69, 9.17) is 4.79 Å². The number of ether oxygens (including phenoxy) is 1. The zero-order valence-corrected chi connectivity index (χ0v) is 9.46. The molecule has 0 fully saturated rings. The van der Waals surface area contributed by atoms with Gasteiger partial charge in [-0.05, 0) is 41.4 Å². The summed E-state index contributed by atoms with van der Waals surface area (Å²) in [6.45, 7) is 4.43. The van der Waals surface area contributed by atoms with Crippen molar-refractivity contribution in [2.45, 2.75) is 13.8 Å². The number of methoxy groups -OCH3 is 1. The molecule has 4 heteroatoms. The van der Waals surface area contributed by atoms with Crippen LogP contribution in [0.25, 0.3) is 0 Å². The maximum atomic E-state index is 8.95. The molecule has 0 N–H and O–H groups in total. The largest absolute Gasteiger partial charge is 0.471 e. The number of hydrogen-bond acceptors (Lipinski definition) is 3. The van der Waals surface area contributed by atoms with Crippen molar-refractivity contribution >= 4 is 22.4 Å². The Morgan fingerprint density at radius 2 is 2.08 bits per heavy atom. The Labute approximate surface area is 86.3 Å². The first-order chi connectivity index (χ1) is 6.11. The molecular weight excluding hydrogens is 234 g/mol. The molecule has 1 rings (SSSR count). The topological polar surface area (TPSA) is 39.2 Å². The maximum Gasteiger partial charge on any atom is 0.292 e. The van der Waals surface area contributed by atoms with Crippen LogP contribution in [0.4, 0.5) is 0 Å². The minimum absolute atomic E-state index is 0.375. The summed E-state index contributed by atoms with van der Waals surface area (Å²) in [7, 11) is 1.31. The number of nitrogens with zero attached hydrogens (tertiary/aromatic N) is 1. The van der Waals surface area contributed by atoms with Crippen molar-refractivity contribution in [2.75, 3.05) is 7.11 Å². The first kappa shape index (κ1) is 12.1. The van der Waals surface area contributed by atoms with Crippen LogP contribution in [-0.4, -0.2) is 18.6 Å². The molecule has 72 valence electrons. The Kier molecular flexibility index (Phi) is 6.14. The quantitative estimate of drug-likeness (QED) is 0.713. The average molecular weight is 246 g/mol. The summed E-state index contributed by atoms with van der Waals surface area (Å²) in [6, 6.07) is 2.06. The Bertz CT molecular complexity index is 276. The zero-order valence-electron chi connectivity index (χ0n) is 7.87. The molecule has 0 atom stereocenters. The third-order valence-electron chi connectivity index (χ3n) is 1.40. The van der Waals surface area contributed by atoms with Crippen LogP contribution < -0.4 is 0 Å². The summed E-state index contributed by atoms with van der Waals surface area (Å²) >= 11 is 3.33. The summed E-state index contributed by atoms with van der Waals surface area (Å²) in [5.74, 6) is 0. The average Bonchev–Trinajstić information content (AvgIpc) is 2.12. The van der Waals surface area contributed by atoms with Crippen LogP contribution in [0.2, 0.25) is 0 Å². The second kappa shape index (κ2) is 6.60. The van der Waals surface area contributed by atoms with Crippen molar-refractivity contribution in [3.8, 4) is 0 Å². The van der Waals surface area contributed by atoms with Gasteiger partial charge in [0.2, 0.25) is 0 Å². The smallest absolute Gasteiger partial charge is 0.292 e. The summed E-state index contributed by atoms with van der Waals surface area (Å²) in [5, 5.41) is 0. The molecule has 1 heterocycles. The molecule has 0 bridgehead atoms. The summed E-state index contributed by atoms with van der Waals surface area (Å²) in [4.78, 5) is 13.1. The lowest BCUT2D eigenvalue weighted by Crippen LogP contribution is -1.83. The molecule has 0 aliphatic rings. The lowest BCUT2D eigenvalue weighted by atomic mass is 10.2. The third kappa shape index (κ3) is 5.36. The highest BCUT2D eigenvalue weighted by Gasteiger charge is 1.91. The van der Waals surface area contributed by atoms with E-state index in [1.807, 2.05) is 20.0 Å². The molecule has 0 aromatic carbocycles. The van der Waals surface area contributed by atoms with Crippen LogP contribution in [-0.2, 0) is 9.53 Å². The lowest BCUT2D eigenvalue weighted by molar-refractivity contribution is -0.126. The van der Waals surface area contributed by atoms with Crippen LogP contribution in [0.15, 0.2) is 16.7 Å². The minimum atomic E-state index is 0.375. The van der Waals surface area contributed by atoms with Gasteiger partial charge in [-0.25, -0.2) is 0 Å². The monoisotopic (exact) mass is 245 g/mol. The SMILES string of the molecule is COC=O.Cc1cc(Br)cnc1C. The first-order valence-corrected chi connectivity index (χ1v) is 4.46. The number of aromatic nitrogens is 1. The van der Waals surface area contributed by atoms with Crippen molar-refractivity contribution in [1.82, 2.24) is 4.98 Å². The number of aryl methyl sites for hydroxylation is 2. The van der Waals surface area contributed by atoms with Crippen LogP contribution in [0.5, 0.6) is 0 Å². The van der Waals surface area contributed by atoms with E-state index in [1.165, 1.54) is 12.7 Å². The molecule has 1 aromatic rings. The van der Waals surface area contributed by atoms with Crippen molar-refractivity contribution in [1.29, 1.82) is 0 Å². The van der Waals surface area contributed by atoms with Crippen molar-refractivity contribution in [2.24, 2.45) is 0 Å². The van der Waals surface area contributed by atoms with E-state index in [9.17, 15) is 0 Å². The zero-order chi connectivity index (χ0) is 10.3. The normalized spacial score (nSPS) is 8.31. The van der Waals surface area contributed by atoms with Crippen LogP contribution in [0, 0.1) is 13.8 Å². The fraction of sp³-hybridized carbons (Fsp3) is 0.333. The van der Waals surface area contributed by atoms with Gasteiger partial charge in [0.1, 0.15) is 0 Å². The van der Waals surface area contributed by atoms with Gasteiger partial charge in [0.25, 0.3) is 6.47 Å². The molecular formula is C9H12BrNO2. The maximum absolute atomic E-state index is 8.95. The second-order valence-corrected chi connectivity index (χ2v) is 3.30. The van der Waals surface area contributed by atoms with Gasteiger partial charge in [-0.3, -0.25) is 9.78 Å². The van der Waals surface area contributed by atoms with E-state index >= 15 is 0 Å². The number of hydrogen-bond donors (Lipinski definition) is 0. The van der Waals surface area contributed by atoms with Crippen molar-refractivity contribution < 1.29 is 9.53 Å². The summed E-state index contributed by atoms with van der Waals surface area (Å²) in [6.07, 6.45) is 1.81. The third-order valence-corrected chi connectivity index (χ3v) is 1.84. The predicted octanol–water partition coefficient (Wildman–Crippen LogP) is 2.25. The van der Waals surface area contributed by atoms with E-state index in [1.54, 1.807) is 0 Å². The van der Waals surface area contributed by atoms with Crippen molar-refractivity contribution in [3.63, 3.8) is 0 Å². The van der Waals surface area contributed by atoms with E-state index in [2.05, 4.69) is 31.7 Å². The molecule has 0 spiro atoms. The van der Waals surface area contributed by atoms with Crippen LogP contribution in [0.3, 0.4) is 0 Å². The molecule has 0 aliphatic carbocycles. The molecule has 0 amide bonds. The molecule has 13 heavy (non-hydrogen) atoms. The molecule has 0 saturated heterocycles. The molecule has 0 unspecified atom stereocenters. The van der Waals surface area contributed by atoms with E-state index in [0.717, 1.165) is 10.2 Å². The number of pyridine rings is 1. The van der Waals surface area contributed by atoms with E-state index in [0.29, 0.717) is 6.47 Å². The standard InChI is InChI=1S/C7H8BrN.C2H4O2/c1-5-3-7(8)4-9-6(5)2;1-4-2-3/h3-4H,1-2H3;2H,1H3. The molecule has 0 radical (unpaired) electrons. The van der Waals surface area contributed by atoms with E-state index in [-0.39, 0.29) is 0 Å². The van der Waals surface area contributed by atoms with Gasteiger partial charge < -0.3 is 4.74 Å². The highest BCUT2D eigenvalue weighted by atomic mass is 79.9.